The van der Waals surface area contributed by atoms with Gasteiger partial charge >= 0.3 is 5.97 Å². The van der Waals surface area contributed by atoms with Crippen LogP contribution in [0.3, 0.4) is 0 Å². The second-order valence-electron chi connectivity index (χ2n) is 7.75. The number of piperidine rings is 1. The van der Waals surface area contributed by atoms with Gasteiger partial charge in [-0.1, -0.05) is 56.2 Å². The number of ether oxygens (including phenoxy) is 2. The van der Waals surface area contributed by atoms with Crippen molar-refractivity contribution >= 4 is 5.97 Å². The Balaban J connectivity index is 1.95. The summed E-state index contributed by atoms with van der Waals surface area (Å²) in [6.07, 6.45) is 8.27. The van der Waals surface area contributed by atoms with E-state index in [0.717, 1.165) is 65.0 Å². The summed E-state index contributed by atoms with van der Waals surface area (Å²) in [5.74, 6) is 6.42. The molecule has 0 atom stereocenters. The molecule has 0 aliphatic carbocycles. The molecular formula is C25H37NO3. The summed E-state index contributed by atoms with van der Waals surface area (Å²) in [5.41, 5.74) is -0.0653. The third-order valence-electron chi connectivity index (χ3n) is 5.40. The van der Waals surface area contributed by atoms with Crippen LogP contribution in [0.25, 0.3) is 0 Å². The van der Waals surface area contributed by atoms with Crippen LogP contribution < -0.4 is 0 Å². The van der Waals surface area contributed by atoms with Crippen LogP contribution >= 0.6 is 0 Å². The second-order valence-corrected chi connectivity index (χ2v) is 7.75. The van der Waals surface area contributed by atoms with Crippen molar-refractivity contribution in [2.24, 2.45) is 0 Å². The van der Waals surface area contributed by atoms with Crippen molar-refractivity contribution in [1.29, 1.82) is 0 Å². The number of esters is 1. The van der Waals surface area contributed by atoms with Crippen LogP contribution in [0.15, 0.2) is 30.3 Å². The van der Waals surface area contributed by atoms with Crippen LogP contribution in [-0.4, -0.2) is 49.3 Å². The quantitative estimate of drug-likeness (QED) is 0.296. The van der Waals surface area contributed by atoms with Crippen molar-refractivity contribution in [2.45, 2.75) is 70.8 Å². The van der Waals surface area contributed by atoms with Gasteiger partial charge in [0.1, 0.15) is 0 Å². The molecule has 160 valence electrons. The van der Waals surface area contributed by atoms with Gasteiger partial charge in [-0.3, -0.25) is 0 Å². The Bertz CT molecular complexity index is 639. The fourth-order valence-electron chi connectivity index (χ4n) is 3.60. The minimum atomic E-state index is -0.659. The van der Waals surface area contributed by atoms with Gasteiger partial charge in [-0.15, -0.1) is 0 Å². The van der Waals surface area contributed by atoms with Gasteiger partial charge in [-0.2, -0.15) is 0 Å². The summed E-state index contributed by atoms with van der Waals surface area (Å²) in [6.45, 7) is 8.64. The van der Waals surface area contributed by atoms with E-state index in [1.54, 1.807) is 12.1 Å². The fraction of sp³-hybridized carbons (Fsp3) is 0.640. The molecule has 0 saturated carbocycles. The first-order chi connectivity index (χ1) is 14.2. The lowest BCUT2D eigenvalue weighted by Crippen LogP contribution is -2.46. The maximum absolute atomic E-state index is 12.7. The van der Waals surface area contributed by atoms with Crippen molar-refractivity contribution in [3.8, 4) is 11.8 Å². The number of benzene rings is 1. The van der Waals surface area contributed by atoms with Crippen LogP contribution in [0, 0.1) is 11.8 Å². The third kappa shape index (κ3) is 8.60. The summed E-state index contributed by atoms with van der Waals surface area (Å²) in [4.78, 5) is 15.1. The molecule has 1 fully saturated rings. The van der Waals surface area contributed by atoms with Gasteiger partial charge in [0.05, 0.1) is 5.56 Å². The number of likely N-dealkylation sites (tertiary alicyclic amines) is 1. The topological polar surface area (TPSA) is 38.8 Å². The standard InChI is InChI=1S/C25H37NO3/c1-3-5-6-7-8-12-16-25(29-24(27)23-14-10-9-11-15-23)17-20-26(21-18-25)19-13-22-28-4-2/h9-11,14-15H,3-8,13,17-22H2,1-2H3. The molecule has 4 nitrogen and oxygen atoms in total. The number of nitrogens with zero attached hydrogens (tertiary/aromatic N) is 1. The summed E-state index contributed by atoms with van der Waals surface area (Å²) in [6, 6.07) is 9.24. The van der Waals surface area contributed by atoms with E-state index in [-0.39, 0.29) is 5.97 Å². The molecule has 4 heteroatoms. The van der Waals surface area contributed by atoms with E-state index in [2.05, 4.69) is 23.7 Å². The van der Waals surface area contributed by atoms with Gasteiger partial charge in [-0.25, -0.2) is 4.79 Å². The van der Waals surface area contributed by atoms with E-state index >= 15 is 0 Å². The smallest absolute Gasteiger partial charge is 0.339 e. The summed E-state index contributed by atoms with van der Waals surface area (Å²) >= 11 is 0. The Kier molecular flexibility index (Phi) is 10.8. The summed E-state index contributed by atoms with van der Waals surface area (Å²) in [7, 11) is 0. The maximum Gasteiger partial charge on any atom is 0.339 e. The number of hydrogen-bond donors (Lipinski definition) is 0. The average Bonchev–Trinajstić information content (AvgIpc) is 2.76. The minimum Gasteiger partial charge on any atom is -0.442 e. The monoisotopic (exact) mass is 399 g/mol. The lowest BCUT2D eigenvalue weighted by molar-refractivity contribution is -0.0203. The molecule has 1 aliphatic rings. The minimum absolute atomic E-state index is 0.268. The van der Waals surface area contributed by atoms with E-state index in [1.807, 2.05) is 25.1 Å². The Labute approximate surface area is 177 Å². The SMILES string of the molecule is CCCCCCC#CC1(OC(=O)c2ccccc2)CCN(CCCOCC)CC1. The number of rotatable bonds is 11. The molecule has 0 amide bonds. The predicted octanol–water partition coefficient (Wildman–Crippen LogP) is 5.08. The predicted molar refractivity (Wildman–Crippen MR) is 118 cm³/mol. The highest BCUT2D eigenvalue weighted by Crippen LogP contribution is 2.27. The number of carbonyl (C=O) groups is 1. The van der Waals surface area contributed by atoms with Gasteiger partial charge < -0.3 is 14.4 Å². The molecule has 1 aromatic rings. The van der Waals surface area contributed by atoms with Crippen molar-refractivity contribution in [3.63, 3.8) is 0 Å². The molecule has 1 aliphatic heterocycles. The third-order valence-corrected chi connectivity index (χ3v) is 5.40. The van der Waals surface area contributed by atoms with Gasteiger partial charge in [0, 0.05) is 52.1 Å². The van der Waals surface area contributed by atoms with Gasteiger partial charge in [-0.05, 0) is 31.9 Å². The first kappa shape index (κ1) is 23.4. The van der Waals surface area contributed by atoms with Crippen LogP contribution in [-0.2, 0) is 9.47 Å². The van der Waals surface area contributed by atoms with E-state index in [9.17, 15) is 4.79 Å². The highest BCUT2D eigenvalue weighted by Gasteiger charge is 2.36. The normalized spacial score (nSPS) is 16.1. The molecule has 1 saturated heterocycles. The fourth-order valence-corrected chi connectivity index (χ4v) is 3.60. The average molecular weight is 400 g/mol. The molecule has 2 rings (SSSR count). The number of hydrogen-bond acceptors (Lipinski definition) is 4. The molecule has 0 N–H and O–H groups in total. The van der Waals surface area contributed by atoms with Crippen molar-refractivity contribution in [2.75, 3.05) is 32.8 Å². The largest absolute Gasteiger partial charge is 0.442 e. The Morgan fingerprint density at radius 2 is 1.83 bits per heavy atom. The zero-order chi connectivity index (χ0) is 20.8. The molecule has 0 spiro atoms. The van der Waals surface area contributed by atoms with E-state index in [4.69, 9.17) is 9.47 Å². The molecule has 0 aromatic heterocycles. The molecule has 29 heavy (non-hydrogen) atoms. The lowest BCUT2D eigenvalue weighted by Gasteiger charge is -2.38. The van der Waals surface area contributed by atoms with Crippen LogP contribution in [0.1, 0.15) is 75.6 Å². The van der Waals surface area contributed by atoms with E-state index in [0.29, 0.717) is 5.56 Å². The summed E-state index contributed by atoms with van der Waals surface area (Å²) in [5, 5.41) is 0. The Morgan fingerprint density at radius 1 is 1.07 bits per heavy atom. The van der Waals surface area contributed by atoms with Gasteiger partial charge in [0.15, 0.2) is 5.60 Å². The molecule has 0 bridgehead atoms. The maximum atomic E-state index is 12.7. The molecule has 1 heterocycles. The van der Waals surface area contributed by atoms with Crippen molar-refractivity contribution in [1.82, 2.24) is 4.90 Å². The lowest BCUT2D eigenvalue weighted by atomic mass is 9.91. The molecule has 0 radical (unpaired) electrons. The highest BCUT2D eigenvalue weighted by molar-refractivity contribution is 5.89. The van der Waals surface area contributed by atoms with Gasteiger partial charge in [0.25, 0.3) is 0 Å². The summed E-state index contributed by atoms with van der Waals surface area (Å²) < 4.78 is 11.5. The van der Waals surface area contributed by atoms with Crippen molar-refractivity contribution < 1.29 is 14.3 Å². The number of carbonyl (C=O) groups excluding carboxylic acids is 1. The van der Waals surface area contributed by atoms with E-state index < -0.39 is 5.60 Å². The first-order valence-corrected chi connectivity index (χ1v) is 11.3. The molecule has 0 unspecified atom stereocenters. The van der Waals surface area contributed by atoms with Crippen LogP contribution in [0.4, 0.5) is 0 Å². The zero-order valence-corrected chi connectivity index (χ0v) is 18.3. The second kappa shape index (κ2) is 13.4. The zero-order valence-electron chi connectivity index (χ0n) is 18.3. The molecular weight excluding hydrogens is 362 g/mol. The molecule has 1 aromatic carbocycles. The van der Waals surface area contributed by atoms with Crippen molar-refractivity contribution in [3.05, 3.63) is 35.9 Å². The van der Waals surface area contributed by atoms with Crippen LogP contribution in [0.2, 0.25) is 0 Å². The van der Waals surface area contributed by atoms with Gasteiger partial charge in [0.2, 0.25) is 0 Å². The number of unbranched alkanes of at least 4 members (excludes halogenated alkanes) is 4. The first-order valence-electron chi connectivity index (χ1n) is 11.3. The van der Waals surface area contributed by atoms with Crippen LogP contribution in [0.5, 0.6) is 0 Å². The van der Waals surface area contributed by atoms with E-state index in [1.165, 1.54) is 19.3 Å². The Hall–Kier alpha value is -1.83. The Morgan fingerprint density at radius 3 is 2.52 bits per heavy atom. The highest BCUT2D eigenvalue weighted by atomic mass is 16.6.